The van der Waals surface area contributed by atoms with Gasteiger partial charge in [-0.25, -0.2) is 0 Å². The van der Waals surface area contributed by atoms with Crippen molar-refractivity contribution in [3.63, 3.8) is 0 Å². The zero-order chi connectivity index (χ0) is 83.0. The van der Waals surface area contributed by atoms with Crippen molar-refractivity contribution in [1.29, 1.82) is 0 Å². The molecule has 22 atom stereocenters. The molecule has 10 fully saturated rings. The van der Waals surface area contributed by atoms with Crippen LogP contribution in [0.3, 0.4) is 0 Å². The van der Waals surface area contributed by atoms with Gasteiger partial charge in [-0.2, -0.15) is 0 Å². The Morgan fingerprint density at radius 1 is 0.325 bits per heavy atom. The van der Waals surface area contributed by atoms with Crippen LogP contribution in [0.1, 0.15) is 281 Å². The van der Waals surface area contributed by atoms with Crippen LogP contribution in [0, 0.1) is 226 Å². The first-order chi connectivity index (χ1) is 56.8. The maximum atomic E-state index is 4.93. The van der Waals surface area contributed by atoms with Crippen LogP contribution in [-0.4, -0.2) is 0 Å². The number of unbranched alkanes of at least 4 members (excludes halogenated alkanes) is 4. The second kappa shape index (κ2) is 56.4. The summed E-state index contributed by atoms with van der Waals surface area (Å²) in [5.74, 6) is 21.2. The molecule has 18 rings (SSSR count). The molecule has 0 aromatic rings. The van der Waals surface area contributed by atoms with E-state index in [2.05, 4.69) is 269 Å². The standard InChI is InChI=1S/C28H38.C28H48.C25H30.C24H32.C3H8.6CH3.6ClH.3Zr/c1-2-3-11-21-16-17-22(20-21)28(18-9-4-10-19-28)27-25-14-7-5-12-23(25)24-13-6-8-15-26(24)27;1-27(2,3)20-12-8-6-7-9-13-22-16-18-24(21-22)28(4,5)26-19-17-23-14-10-11-15-25(23)26;1-25(2,23-16-15-17-9-3-4-10-18(17)23)24-21-13-7-5-11-19(21)20-12-6-8-14-22(20)24;1-8-16-24(17-9-1,18-10-2-3-11-18)23-21-14-6-4-12-19(21)20-13-5-7-15-22(20)23;1-3-2;;;;;;;;;;;;;;;/h2,5-8,12-15,21-27H,1,3-4,9-11,16-20H2;10-11,14-15,22-26H,6-9,12-13,16-21H2,1-5H3;3-14,17-24H,15-16H2,1-2H3;4-7,12-15,18-23H,1-3,8-11,16-17H2;3H2,1-2H3;6*1H3;6*1H;;;/q;;;;;6*-1;;;;;;;3*+4/p-6. The number of fused-ring (bicyclic) bond motifs is 11. The van der Waals surface area contributed by atoms with Gasteiger partial charge in [-0.05, 0) is 290 Å². The first kappa shape index (κ1) is 113. The summed E-state index contributed by atoms with van der Waals surface area (Å²) in [5, 5.41) is 0. The van der Waals surface area contributed by atoms with E-state index in [0.717, 1.165) is 130 Å². The van der Waals surface area contributed by atoms with Crippen LogP contribution in [-0.2, 0) is 62.5 Å². The summed E-state index contributed by atoms with van der Waals surface area (Å²) in [6, 6.07) is 0. The van der Waals surface area contributed by atoms with Gasteiger partial charge in [0.1, 0.15) is 0 Å². The van der Waals surface area contributed by atoms with E-state index in [9.17, 15) is 0 Å². The Morgan fingerprint density at radius 2 is 0.642 bits per heavy atom. The molecule has 0 amide bonds. The monoisotopic (exact) mass is 2020 g/mol. The minimum absolute atomic E-state index is 0. The zero-order valence-electron chi connectivity index (χ0n) is 80.1. The van der Waals surface area contributed by atoms with Gasteiger partial charge in [0.05, 0.1) is 0 Å². The van der Waals surface area contributed by atoms with E-state index in [0.29, 0.717) is 50.7 Å². The van der Waals surface area contributed by atoms with Gasteiger partial charge in [-0.15, -0.1) is 6.58 Å². The molecule has 0 saturated heterocycles. The topological polar surface area (TPSA) is 0 Å². The second-order valence-electron chi connectivity index (χ2n) is 42.1. The van der Waals surface area contributed by atoms with Crippen LogP contribution >= 0.6 is 51.1 Å². The van der Waals surface area contributed by atoms with Crippen LogP contribution < -0.4 is 0 Å². The second-order valence-corrected chi connectivity index (χ2v) is 53.3. The molecule has 18 aliphatic carbocycles. The molecule has 9 heteroatoms. The number of rotatable bonds is 18. The molecule has 0 aromatic carbocycles. The van der Waals surface area contributed by atoms with Crippen molar-refractivity contribution in [1.82, 2.24) is 0 Å². The average molecular weight is 2030 g/mol. The molecule has 18 aliphatic rings. The Bertz CT molecular complexity index is 3410. The fourth-order valence-corrected chi connectivity index (χ4v) is 29.6. The molecule has 0 aromatic heterocycles. The molecule has 0 aliphatic heterocycles. The minimum atomic E-state index is -0.826. The Hall–Kier alpha value is -0.0306. The first-order valence-electron chi connectivity index (χ1n) is 48.1. The Balaban J connectivity index is 0.000000275. The van der Waals surface area contributed by atoms with Crippen LogP contribution in [0.25, 0.3) is 0 Å². The number of hydrogen-bond acceptors (Lipinski definition) is 0. The van der Waals surface area contributed by atoms with E-state index < -0.39 is 62.5 Å². The normalized spacial score (nSPS) is 35.5. The predicted octanol–water partition coefficient (Wildman–Crippen LogP) is 37.5. The van der Waals surface area contributed by atoms with Crippen molar-refractivity contribution in [2.45, 2.75) is 281 Å². The molecule has 0 nitrogen and oxygen atoms in total. The van der Waals surface area contributed by atoms with Crippen molar-refractivity contribution in [2.24, 2.45) is 181 Å². The average Bonchev–Trinajstić information content (AvgIpc) is 1.58. The van der Waals surface area contributed by atoms with Crippen LogP contribution in [0.15, 0.2) is 207 Å². The molecule has 22 unspecified atom stereocenters. The van der Waals surface area contributed by atoms with Gasteiger partial charge in [0.15, 0.2) is 0 Å². The summed E-state index contributed by atoms with van der Waals surface area (Å²) in [6.45, 7) is 25.8. The summed E-state index contributed by atoms with van der Waals surface area (Å²) >= 11 is -2.48. The van der Waals surface area contributed by atoms with Crippen LogP contribution in [0.4, 0.5) is 0 Å². The third-order valence-corrected chi connectivity index (χ3v) is 34.4. The molecule has 0 N–H and O–H groups in total. The van der Waals surface area contributed by atoms with Crippen molar-refractivity contribution >= 4 is 51.1 Å². The number of halogens is 6. The van der Waals surface area contributed by atoms with Crippen molar-refractivity contribution in [3.05, 3.63) is 252 Å². The molecular formula is C114H174Cl6Zr3. The quantitative estimate of drug-likeness (QED) is 0.0729. The molecule has 0 radical (unpaired) electrons. The van der Waals surface area contributed by atoms with Gasteiger partial charge in [0, 0.05) is 0 Å². The zero-order valence-corrected chi connectivity index (χ0v) is 92.0. The van der Waals surface area contributed by atoms with Crippen LogP contribution in [0.2, 0.25) is 0 Å². The molecule has 684 valence electrons. The first-order valence-corrected chi connectivity index (χ1v) is 67.1. The van der Waals surface area contributed by atoms with Gasteiger partial charge in [-0.1, -0.05) is 372 Å². The van der Waals surface area contributed by atoms with Crippen molar-refractivity contribution in [2.75, 3.05) is 0 Å². The Labute approximate surface area is 817 Å². The fraction of sp³-hybridized carbons (Fsp3) is 0.649. The van der Waals surface area contributed by atoms with E-state index >= 15 is 0 Å². The Kier molecular flexibility index (Phi) is 52.0. The number of hydrogen-bond donors (Lipinski definition) is 0. The van der Waals surface area contributed by atoms with Gasteiger partial charge in [0.2, 0.25) is 0 Å². The van der Waals surface area contributed by atoms with Gasteiger partial charge >= 0.3 is 114 Å². The van der Waals surface area contributed by atoms with Gasteiger partial charge in [-0.3, -0.25) is 0 Å². The van der Waals surface area contributed by atoms with E-state index in [-0.39, 0.29) is 44.6 Å². The van der Waals surface area contributed by atoms with Gasteiger partial charge < -0.3 is 44.6 Å². The van der Waals surface area contributed by atoms with E-state index in [1.165, 1.54) is 218 Å². The Morgan fingerprint density at radius 3 is 1.03 bits per heavy atom. The molecule has 123 heavy (non-hydrogen) atoms. The molecule has 0 bridgehead atoms. The summed E-state index contributed by atoms with van der Waals surface area (Å²) in [4.78, 5) is 0. The SMILES string of the molecule is C1=CC2C3C=CC=CC3C(C3(C4CCCC4)CCCCC3)C2C=C1.C=CCCC1CCC(C2(C3C4C=CC=CC4C4C=CC=CC43)CCCCC2)C1.CC(C)(C)CCCCCCCC1CCC(C(C)(C)C2CCC3C=CC=CC32)C1.CC(C)(C1CCC2C=CC=CC21)C1C2C=CC=CC2C2C=CC=CC21.CCC.[CH3-].[CH3-].[CH3-].[CH3-].[CH3-].[CH3-].[Cl][Zr+2][Cl].[Cl][Zr+2][Cl].[Cl][Zr+2][Cl]. The van der Waals surface area contributed by atoms with Crippen LogP contribution in [0.5, 0.6) is 0 Å². The van der Waals surface area contributed by atoms with Crippen molar-refractivity contribution < 1.29 is 62.5 Å². The molecule has 10 saturated carbocycles. The summed E-state index contributed by atoms with van der Waals surface area (Å²) < 4.78 is 0. The third kappa shape index (κ3) is 28.1. The number of allylic oxidation sites excluding steroid dienone is 33. The van der Waals surface area contributed by atoms with E-state index in [1.807, 2.05) is 0 Å². The summed E-state index contributed by atoms with van der Waals surface area (Å²) in [5.41, 5.74) is 2.64. The van der Waals surface area contributed by atoms with E-state index in [1.54, 1.807) is 0 Å². The summed E-state index contributed by atoms with van der Waals surface area (Å²) in [6.07, 6.45) is 129. The molecule has 0 heterocycles. The van der Waals surface area contributed by atoms with Gasteiger partial charge in [0.25, 0.3) is 0 Å². The van der Waals surface area contributed by atoms with Crippen molar-refractivity contribution in [3.8, 4) is 0 Å². The fourth-order valence-electron chi connectivity index (χ4n) is 29.6. The molecule has 0 spiro atoms. The van der Waals surface area contributed by atoms with E-state index in [4.69, 9.17) is 51.1 Å². The predicted molar refractivity (Wildman–Crippen MR) is 541 cm³/mol. The summed E-state index contributed by atoms with van der Waals surface area (Å²) in [7, 11) is 29.6. The third-order valence-electron chi connectivity index (χ3n) is 34.4. The molecular weight excluding hydrogens is 1860 g/mol. The maximum absolute atomic E-state index is 4.93.